The summed E-state index contributed by atoms with van der Waals surface area (Å²) >= 11 is 0. The van der Waals surface area contributed by atoms with Crippen LogP contribution in [0.1, 0.15) is 31.0 Å². The van der Waals surface area contributed by atoms with E-state index < -0.39 is 58.2 Å². The number of rotatable bonds is 10. The zero-order chi connectivity index (χ0) is 25.9. The first kappa shape index (κ1) is 27.9. The largest absolute Gasteiger partial charge is 0.461 e. The van der Waals surface area contributed by atoms with Crippen LogP contribution in [0, 0.1) is 0 Å². The molecule has 34 heavy (non-hydrogen) atoms. The number of aliphatic hydroxyl groups excluding tert-OH is 1. The van der Waals surface area contributed by atoms with Crippen molar-refractivity contribution in [2.75, 3.05) is 6.54 Å². The molecular formula is C21H22F7NO4S. The third-order valence-electron chi connectivity index (χ3n) is 4.73. The summed E-state index contributed by atoms with van der Waals surface area (Å²) < 4.78 is 119. The topological polar surface area (TPSA) is 75.6 Å². The first-order valence-electron chi connectivity index (χ1n) is 9.82. The van der Waals surface area contributed by atoms with Gasteiger partial charge in [-0.3, -0.25) is 0 Å². The Hall–Kier alpha value is -2.38. The third-order valence-corrected chi connectivity index (χ3v) is 6.89. The highest BCUT2D eigenvalue weighted by Crippen LogP contribution is 2.32. The van der Waals surface area contributed by atoms with Crippen LogP contribution in [0.5, 0.6) is 5.75 Å². The van der Waals surface area contributed by atoms with Gasteiger partial charge in [0, 0.05) is 6.54 Å². The van der Waals surface area contributed by atoms with Crippen molar-refractivity contribution < 1.29 is 49.0 Å². The number of aliphatic hydroxyl groups is 1. The number of sulfone groups is 1. The fraction of sp³-hybridized carbons (Fsp3) is 0.429. The van der Waals surface area contributed by atoms with Crippen LogP contribution in [0.4, 0.5) is 30.7 Å². The van der Waals surface area contributed by atoms with Crippen molar-refractivity contribution in [2.24, 2.45) is 0 Å². The molecule has 2 atom stereocenters. The van der Waals surface area contributed by atoms with Crippen LogP contribution in [0.15, 0.2) is 53.4 Å². The lowest BCUT2D eigenvalue weighted by Gasteiger charge is -2.24. The molecule has 2 aromatic rings. The Kier molecular flexibility index (Phi) is 8.59. The molecule has 0 aromatic heterocycles. The van der Waals surface area contributed by atoms with Gasteiger partial charge in [0.25, 0.3) is 0 Å². The summed E-state index contributed by atoms with van der Waals surface area (Å²) in [6.45, 7) is 1.83. The molecule has 5 nitrogen and oxygen atoms in total. The molecule has 0 spiro atoms. The van der Waals surface area contributed by atoms with E-state index in [1.165, 1.54) is 44.2 Å². The molecule has 0 aliphatic rings. The lowest BCUT2D eigenvalue weighted by atomic mass is 9.98. The predicted molar refractivity (Wildman–Crippen MR) is 109 cm³/mol. The van der Waals surface area contributed by atoms with Gasteiger partial charge in [-0.1, -0.05) is 24.3 Å². The average molecular weight is 517 g/mol. The number of benzene rings is 2. The van der Waals surface area contributed by atoms with Gasteiger partial charge in [0.1, 0.15) is 5.75 Å². The molecule has 13 heteroatoms. The van der Waals surface area contributed by atoms with Gasteiger partial charge in [-0.25, -0.2) is 8.42 Å². The van der Waals surface area contributed by atoms with E-state index in [0.29, 0.717) is 0 Å². The lowest BCUT2D eigenvalue weighted by molar-refractivity contribution is -0.253. The Morgan fingerprint density at radius 3 is 2.06 bits per heavy atom. The second-order valence-electron chi connectivity index (χ2n) is 7.60. The Morgan fingerprint density at radius 2 is 1.53 bits per heavy atom. The van der Waals surface area contributed by atoms with Gasteiger partial charge in [0.2, 0.25) is 0 Å². The summed E-state index contributed by atoms with van der Waals surface area (Å²) in [6, 6.07) is 8.21. The van der Waals surface area contributed by atoms with Crippen LogP contribution in [-0.2, 0) is 9.84 Å². The Morgan fingerprint density at radius 1 is 0.971 bits per heavy atom. The number of alkyl halides is 7. The van der Waals surface area contributed by atoms with Gasteiger partial charge < -0.3 is 15.2 Å². The van der Waals surface area contributed by atoms with Crippen molar-refractivity contribution in [1.29, 1.82) is 0 Å². The van der Waals surface area contributed by atoms with E-state index in [1.54, 1.807) is 0 Å². The molecule has 0 saturated carbocycles. The fourth-order valence-corrected chi connectivity index (χ4v) is 3.99. The Balaban J connectivity index is 2.51. The maximum absolute atomic E-state index is 13.3. The number of halogens is 7. The standard InChI is InChI=1S/C21H22F7NO4S/c1-12(2)34(31,32)16-8-4-6-14(10-16)18(29-11-17(30)20(24,25)26)13-5-3-7-15(9-13)33-21(27,28)19(22)23/h3-10,12,17-19,29-30H,11H2,1-2H3. The van der Waals surface area contributed by atoms with E-state index >= 15 is 0 Å². The van der Waals surface area contributed by atoms with Gasteiger partial charge in [-0.15, -0.1) is 0 Å². The zero-order valence-corrected chi connectivity index (χ0v) is 18.7. The summed E-state index contributed by atoms with van der Waals surface area (Å²) in [7, 11) is -3.78. The molecule has 0 radical (unpaired) electrons. The average Bonchev–Trinajstić information content (AvgIpc) is 2.73. The normalized spacial score (nSPS) is 14.9. The Bertz CT molecular complexity index is 1070. The molecule has 2 N–H and O–H groups in total. The highest BCUT2D eigenvalue weighted by Gasteiger charge is 2.44. The smallest absolute Gasteiger partial charge is 0.428 e. The minimum absolute atomic E-state index is 0.00367. The maximum Gasteiger partial charge on any atom is 0.461 e. The Labute approximate surface area is 191 Å². The predicted octanol–water partition coefficient (Wildman–Crippen LogP) is 4.71. The molecule has 0 aliphatic carbocycles. The quantitative estimate of drug-likeness (QED) is 0.447. The molecular weight excluding hydrogens is 495 g/mol. The van der Waals surface area contributed by atoms with Crippen molar-refractivity contribution >= 4 is 9.84 Å². The molecule has 0 bridgehead atoms. The van der Waals surface area contributed by atoms with E-state index in [1.807, 2.05) is 0 Å². The van der Waals surface area contributed by atoms with E-state index in [0.717, 1.165) is 18.2 Å². The van der Waals surface area contributed by atoms with E-state index in [9.17, 15) is 44.3 Å². The van der Waals surface area contributed by atoms with Crippen molar-refractivity contribution in [2.45, 2.75) is 54.8 Å². The van der Waals surface area contributed by atoms with Crippen LogP contribution >= 0.6 is 0 Å². The summed E-state index contributed by atoms with van der Waals surface area (Å²) in [5.74, 6) is -0.697. The van der Waals surface area contributed by atoms with E-state index in [4.69, 9.17) is 0 Å². The van der Waals surface area contributed by atoms with Gasteiger partial charge in [0.05, 0.1) is 16.2 Å². The van der Waals surface area contributed by atoms with Gasteiger partial charge >= 0.3 is 18.7 Å². The summed E-state index contributed by atoms with van der Waals surface area (Å²) in [4.78, 5) is -0.139. The second-order valence-corrected chi connectivity index (χ2v) is 10.1. The summed E-state index contributed by atoms with van der Waals surface area (Å²) in [6.07, 6.45) is -16.7. The van der Waals surface area contributed by atoms with Crippen LogP contribution in [0.3, 0.4) is 0 Å². The van der Waals surface area contributed by atoms with Crippen LogP contribution < -0.4 is 10.1 Å². The van der Waals surface area contributed by atoms with E-state index in [2.05, 4.69) is 10.1 Å². The fourth-order valence-electron chi connectivity index (χ4n) is 2.88. The van der Waals surface area contributed by atoms with Gasteiger partial charge in [-0.05, 0) is 49.2 Å². The lowest BCUT2D eigenvalue weighted by Crippen LogP contribution is -2.40. The van der Waals surface area contributed by atoms with Crippen molar-refractivity contribution in [3.63, 3.8) is 0 Å². The highest BCUT2D eigenvalue weighted by atomic mass is 32.2. The van der Waals surface area contributed by atoms with Crippen molar-refractivity contribution in [3.05, 3.63) is 59.7 Å². The molecule has 0 aliphatic heterocycles. The molecule has 0 heterocycles. The SMILES string of the molecule is CC(C)S(=O)(=O)c1cccc(C(NCC(O)C(F)(F)F)c2cccc(OC(F)(F)C(F)F)c2)c1. The number of hydrogen-bond donors (Lipinski definition) is 2. The van der Waals surface area contributed by atoms with Crippen LogP contribution in [0.2, 0.25) is 0 Å². The molecule has 190 valence electrons. The highest BCUT2D eigenvalue weighted by molar-refractivity contribution is 7.92. The molecule has 2 unspecified atom stereocenters. The van der Waals surface area contributed by atoms with Crippen molar-refractivity contribution in [3.8, 4) is 5.75 Å². The van der Waals surface area contributed by atoms with Crippen LogP contribution in [0.25, 0.3) is 0 Å². The molecule has 2 aromatic carbocycles. The molecule has 0 amide bonds. The number of ether oxygens (including phenoxy) is 1. The first-order valence-corrected chi connectivity index (χ1v) is 11.4. The van der Waals surface area contributed by atoms with E-state index in [-0.39, 0.29) is 16.0 Å². The number of nitrogens with one attached hydrogen (secondary N) is 1. The molecule has 0 fully saturated rings. The van der Waals surface area contributed by atoms with Gasteiger partial charge in [0.15, 0.2) is 15.9 Å². The monoisotopic (exact) mass is 517 g/mol. The molecule has 2 rings (SSSR count). The summed E-state index contributed by atoms with van der Waals surface area (Å²) in [5.41, 5.74) is 0.116. The third kappa shape index (κ3) is 6.83. The first-order chi connectivity index (χ1) is 15.6. The molecule has 0 saturated heterocycles. The van der Waals surface area contributed by atoms with Gasteiger partial charge in [-0.2, -0.15) is 30.7 Å². The maximum atomic E-state index is 13.3. The minimum atomic E-state index is -4.97. The van der Waals surface area contributed by atoms with Crippen molar-refractivity contribution in [1.82, 2.24) is 5.32 Å². The number of hydrogen-bond acceptors (Lipinski definition) is 5. The second kappa shape index (κ2) is 10.5. The summed E-state index contributed by atoms with van der Waals surface area (Å²) in [5, 5.41) is 11.0. The zero-order valence-electron chi connectivity index (χ0n) is 17.9. The van der Waals surface area contributed by atoms with Crippen LogP contribution in [-0.4, -0.2) is 50.1 Å². The minimum Gasteiger partial charge on any atom is -0.428 e.